The molecule has 1 N–H and O–H groups in total. The first kappa shape index (κ1) is 18.1. The van der Waals surface area contributed by atoms with Crippen molar-refractivity contribution < 1.29 is 14.1 Å². The Morgan fingerprint density at radius 2 is 1.93 bits per heavy atom. The normalized spacial score (nSPS) is 10.2. The van der Waals surface area contributed by atoms with E-state index in [0.29, 0.717) is 30.2 Å². The standard InChI is InChI=1S/C20H18N4O3/c1-26-17-8-6-16(7-9-17)20-23-19(27-24-20)11-10-18(25)22-13-15-4-2-14(12-21)3-5-15/h2-9H,10-11,13H2,1H3,(H,22,25). The zero-order chi connectivity index (χ0) is 19.1. The second-order valence-electron chi connectivity index (χ2n) is 5.83. The molecule has 1 heterocycles. The van der Waals surface area contributed by atoms with Gasteiger partial charge in [0.25, 0.3) is 0 Å². The van der Waals surface area contributed by atoms with Gasteiger partial charge in [-0.1, -0.05) is 17.3 Å². The lowest BCUT2D eigenvalue weighted by Crippen LogP contribution is -2.23. The molecule has 0 spiro atoms. The minimum absolute atomic E-state index is 0.108. The van der Waals surface area contributed by atoms with Gasteiger partial charge in [-0.25, -0.2) is 0 Å². The molecular formula is C20H18N4O3. The molecule has 0 saturated carbocycles. The number of nitrogens with one attached hydrogen (secondary N) is 1. The van der Waals surface area contributed by atoms with Gasteiger partial charge in [0.2, 0.25) is 17.6 Å². The molecule has 0 radical (unpaired) electrons. The monoisotopic (exact) mass is 362 g/mol. The van der Waals surface area contributed by atoms with Crippen molar-refractivity contribution in [3.05, 3.63) is 65.5 Å². The van der Waals surface area contributed by atoms with Crippen molar-refractivity contribution >= 4 is 5.91 Å². The lowest BCUT2D eigenvalue weighted by Gasteiger charge is -2.04. The van der Waals surface area contributed by atoms with Crippen LogP contribution >= 0.6 is 0 Å². The molecule has 0 aliphatic heterocycles. The van der Waals surface area contributed by atoms with Gasteiger partial charge in [-0.2, -0.15) is 10.2 Å². The quantitative estimate of drug-likeness (QED) is 0.693. The number of nitrogens with zero attached hydrogens (tertiary/aromatic N) is 3. The molecule has 0 aliphatic carbocycles. The molecule has 1 amide bonds. The van der Waals surface area contributed by atoms with Gasteiger partial charge in [-0.05, 0) is 42.0 Å². The number of aryl methyl sites for hydroxylation is 1. The van der Waals surface area contributed by atoms with Crippen molar-refractivity contribution in [1.29, 1.82) is 5.26 Å². The molecule has 0 unspecified atom stereocenters. The molecule has 7 heteroatoms. The number of rotatable bonds is 7. The van der Waals surface area contributed by atoms with Gasteiger partial charge in [-0.15, -0.1) is 0 Å². The van der Waals surface area contributed by atoms with E-state index in [2.05, 4.69) is 21.5 Å². The average molecular weight is 362 g/mol. The smallest absolute Gasteiger partial charge is 0.227 e. The van der Waals surface area contributed by atoms with Crippen LogP contribution in [0.25, 0.3) is 11.4 Å². The maximum atomic E-state index is 12.0. The van der Waals surface area contributed by atoms with Crippen molar-refractivity contribution in [1.82, 2.24) is 15.5 Å². The minimum Gasteiger partial charge on any atom is -0.497 e. The number of nitriles is 1. The van der Waals surface area contributed by atoms with Crippen LogP contribution in [0.5, 0.6) is 5.75 Å². The van der Waals surface area contributed by atoms with Gasteiger partial charge in [0, 0.05) is 24.9 Å². The number of hydrogen-bond donors (Lipinski definition) is 1. The van der Waals surface area contributed by atoms with Gasteiger partial charge in [-0.3, -0.25) is 4.79 Å². The first-order chi connectivity index (χ1) is 13.2. The number of carbonyl (C=O) groups excluding carboxylic acids is 1. The second-order valence-corrected chi connectivity index (χ2v) is 5.83. The van der Waals surface area contributed by atoms with Gasteiger partial charge in [0.1, 0.15) is 5.75 Å². The first-order valence-corrected chi connectivity index (χ1v) is 8.40. The van der Waals surface area contributed by atoms with Crippen LogP contribution in [0.2, 0.25) is 0 Å². The largest absolute Gasteiger partial charge is 0.497 e. The van der Waals surface area contributed by atoms with Crippen molar-refractivity contribution in [2.75, 3.05) is 7.11 Å². The number of aromatic nitrogens is 2. The van der Waals surface area contributed by atoms with Crippen LogP contribution in [0, 0.1) is 11.3 Å². The van der Waals surface area contributed by atoms with Crippen LogP contribution in [-0.4, -0.2) is 23.2 Å². The van der Waals surface area contributed by atoms with Gasteiger partial charge in [0.05, 0.1) is 18.7 Å². The molecule has 0 atom stereocenters. The average Bonchev–Trinajstić information content (AvgIpc) is 3.20. The van der Waals surface area contributed by atoms with Crippen LogP contribution in [0.15, 0.2) is 53.1 Å². The summed E-state index contributed by atoms with van der Waals surface area (Å²) in [4.78, 5) is 16.3. The molecule has 0 aliphatic rings. The summed E-state index contributed by atoms with van der Waals surface area (Å²) in [6.45, 7) is 0.408. The van der Waals surface area contributed by atoms with Crippen LogP contribution in [0.3, 0.4) is 0 Å². The highest BCUT2D eigenvalue weighted by Crippen LogP contribution is 2.20. The van der Waals surface area contributed by atoms with E-state index in [1.54, 1.807) is 19.2 Å². The van der Waals surface area contributed by atoms with Crippen molar-refractivity contribution in [3.8, 4) is 23.2 Å². The van der Waals surface area contributed by atoms with E-state index in [1.165, 1.54) is 0 Å². The Morgan fingerprint density at radius 3 is 2.59 bits per heavy atom. The fourth-order valence-electron chi connectivity index (χ4n) is 2.42. The molecule has 0 bridgehead atoms. The lowest BCUT2D eigenvalue weighted by molar-refractivity contribution is -0.121. The number of benzene rings is 2. The molecule has 0 saturated heterocycles. The minimum atomic E-state index is -0.108. The van der Waals surface area contributed by atoms with Gasteiger partial charge >= 0.3 is 0 Å². The highest BCUT2D eigenvalue weighted by atomic mass is 16.5. The molecule has 3 rings (SSSR count). The molecule has 136 valence electrons. The highest BCUT2D eigenvalue weighted by molar-refractivity contribution is 5.76. The molecule has 0 fully saturated rings. The van der Waals surface area contributed by atoms with Crippen molar-refractivity contribution in [2.24, 2.45) is 0 Å². The molecule has 1 aromatic heterocycles. The Bertz CT molecular complexity index is 941. The summed E-state index contributed by atoms with van der Waals surface area (Å²) in [6, 6.07) is 16.5. The molecule has 3 aromatic rings. The number of hydrogen-bond acceptors (Lipinski definition) is 6. The van der Waals surface area contributed by atoms with Gasteiger partial charge in [0.15, 0.2) is 0 Å². The Morgan fingerprint density at radius 1 is 1.19 bits per heavy atom. The third-order valence-corrected chi connectivity index (χ3v) is 3.95. The van der Waals surface area contributed by atoms with E-state index in [4.69, 9.17) is 14.5 Å². The van der Waals surface area contributed by atoms with E-state index in [1.807, 2.05) is 36.4 Å². The SMILES string of the molecule is COc1ccc(-c2noc(CCC(=O)NCc3ccc(C#N)cc3)n2)cc1. The predicted octanol–water partition coefficient (Wildman–Crippen LogP) is 2.87. The summed E-state index contributed by atoms with van der Waals surface area (Å²) in [6.07, 6.45) is 0.614. The maximum Gasteiger partial charge on any atom is 0.227 e. The summed E-state index contributed by atoms with van der Waals surface area (Å²) in [5.74, 6) is 1.53. The first-order valence-electron chi connectivity index (χ1n) is 8.40. The topological polar surface area (TPSA) is 101 Å². The lowest BCUT2D eigenvalue weighted by atomic mass is 10.1. The third kappa shape index (κ3) is 4.92. The third-order valence-electron chi connectivity index (χ3n) is 3.95. The molecule has 2 aromatic carbocycles. The zero-order valence-corrected chi connectivity index (χ0v) is 14.8. The van der Waals surface area contributed by atoms with E-state index >= 15 is 0 Å². The Hall–Kier alpha value is -3.66. The fourth-order valence-corrected chi connectivity index (χ4v) is 2.42. The summed E-state index contributed by atoms with van der Waals surface area (Å²) in [5.41, 5.74) is 2.34. The van der Waals surface area contributed by atoms with Gasteiger partial charge < -0.3 is 14.6 Å². The van der Waals surface area contributed by atoms with Crippen LogP contribution in [0.4, 0.5) is 0 Å². The van der Waals surface area contributed by atoms with Crippen LogP contribution < -0.4 is 10.1 Å². The van der Waals surface area contributed by atoms with Crippen molar-refractivity contribution in [3.63, 3.8) is 0 Å². The number of amides is 1. The number of ether oxygens (including phenoxy) is 1. The van der Waals surface area contributed by atoms with Crippen molar-refractivity contribution in [2.45, 2.75) is 19.4 Å². The van der Waals surface area contributed by atoms with Crippen LogP contribution in [0.1, 0.15) is 23.4 Å². The predicted molar refractivity (Wildman–Crippen MR) is 97.6 cm³/mol. The van der Waals surface area contributed by atoms with E-state index in [0.717, 1.165) is 16.9 Å². The van der Waals surface area contributed by atoms with Crippen LogP contribution in [-0.2, 0) is 17.8 Å². The van der Waals surface area contributed by atoms with E-state index in [-0.39, 0.29) is 12.3 Å². The van der Waals surface area contributed by atoms with E-state index in [9.17, 15) is 4.79 Å². The fraction of sp³-hybridized carbons (Fsp3) is 0.200. The summed E-state index contributed by atoms with van der Waals surface area (Å²) < 4.78 is 10.3. The maximum absolute atomic E-state index is 12.0. The Labute approximate surface area is 156 Å². The summed E-state index contributed by atoms with van der Waals surface area (Å²) in [5, 5.41) is 15.6. The summed E-state index contributed by atoms with van der Waals surface area (Å²) in [7, 11) is 1.61. The second kappa shape index (κ2) is 8.63. The highest BCUT2D eigenvalue weighted by Gasteiger charge is 2.11. The number of carbonyl (C=O) groups is 1. The van der Waals surface area contributed by atoms with E-state index < -0.39 is 0 Å². The Balaban J connectivity index is 1.48. The summed E-state index contributed by atoms with van der Waals surface area (Å²) >= 11 is 0. The Kier molecular flexibility index (Phi) is 5.80. The molecular weight excluding hydrogens is 344 g/mol. The number of methoxy groups -OCH3 is 1. The molecule has 27 heavy (non-hydrogen) atoms. The zero-order valence-electron chi connectivity index (χ0n) is 14.8. The molecule has 7 nitrogen and oxygen atoms in total.